The minimum absolute atomic E-state index is 0.358. The summed E-state index contributed by atoms with van der Waals surface area (Å²) in [5, 5.41) is 0. The Bertz CT molecular complexity index is 424. The Morgan fingerprint density at radius 1 is 0.905 bits per heavy atom. The highest BCUT2D eigenvalue weighted by Crippen LogP contribution is 2.59. The van der Waals surface area contributed by atoms with E-state index in [1.54, 1.807) is 0 Å². The van der Waals surface area contributed by atoms with Crippen molar-refractivity contribution in [3.63, 3.8) is 0 Å². The summed E-state index contributed by atoms with van der Waals surface area (Å²) in [6.45, 7) is 12.7. The Morgan fingerprint density at radius 2 is 1.57 bits per heavy atom. The van der Waals surface area contributed by atoms with E-state index in [2.05, 4.69) is 34.6 Å². The maximum Gasteiger partial charge on any atom is 0.00193 e. The van der Waals surface area contributed by atoms with Gasteiger partial charge in [-0.05, 0) is 78.4 Å². The fourth-order valence-electron chi connectivity index (χ4n) is 6.41. The second kappa shape index (κ2) is 5.32. The van der Waals surface area contributed by atoms with Crippen molar-refractivity contribution in [1.29, 1.82) is 0 Å². The highest BCUT2D eigenvalue weighted by atomic mass is 32.1. The lowest BCUT2D eigenvalue weighted by molar-refractivity contribution is -0.0433. The van der Waals surface area contributed by atoms with Gasteiger partial charge in [-0.1, -0.05) is 53.3 Å². The molecule has 0 aromatic rings. The van der Waals surface area contributed by atoms with Crippen molar-refractivity contribution < 1.29 is 0 Å². The molecular weight excluding hydrogens is 272 g/mol. The second-order valence-corrected chi connectivity index (χ2v) is 9.91. The average molecular weight is 307 g/mol. The van der Waals surface area contributed by atoms with E-state index in [0.29, 0.717) is 10.8 Å². The Hall–Kier alpha value is 0.0900. The first kappa shape index (κ1) is 16.0. The molecule has 0 aromatic carbocycles. The molecule has 0 nitrogen and oxygen atoms in total. The van der Waals surface area contributed by atoms with Gasteiger partial charge in [-0.25, -0.2) is 0 Å². The van der Waals surface area contributed by atoms with Crippen LogP contribution in [0.4, 0.5) is 0 Å². The van der Waals surface area contributed by atoms with Gasteiger partial charge in [0, 0.05) is 5.41 Å². The highest BCUT2D eigenvalue weighted by Gasteiger charge is 2.52. The molecule has 3 rings (SSSR count). The molecule has 0 N–H and O–H groups in total. The number of hydrogen-bond donors (Lipinski definition) is 0. The molecule has 0 spiro atoms. The number of fused-ring (bicyclic) bond motifs is 3. The van der Waals surface area contributed by atoms with Gasteiger partial charge in [-0.2, -0.15) is 0 Å². The van der Waals surface area contributed by atoms with Gasteiger partial charge < -0.3 is 0 Å². The molecule has 6 atom stereocenters. The predicted molar refractivity (Wildman–Crippen MR) is 95.6 cm³/mol. The van der Waals surface area contributed by atoms with Crippen LogP contribution in [-0.2, 0) is 0 Å². The summed E-state index contributed by atoms with van der Waals surface area (Å²) in [5.41, 5.74) is 0.898. The number of thiocarbonyl (C=S) groups is 1. The third-order valence-electron chi connectivity index (χ3n) is 8.15. The molecule has 0 aromatic heterocycles. The summed E-state index contributed by atoms with van der Waals surface area (Å²) in [6.07, 6.45) is 9.66. The number of hydrogen-bond acceptors (Lipinski definition) is 1. The summed E-state index contributed by atoms with van der Waals surface area (Å²) < 4.78 is 0. The minimum atomic E-state index is 0.358. The van der Waals surface area contributed by atoms with E-state index in [1.165, 1.54) is 49.8 Å². The van der Waals surface area contributed by atoms with Crippen molar-refractivity contribution in [1.82, 2.24) is 0 Å². The molecule has 3 saturated carbocycles. The molecule has 2 bridgehead atoms. The summed E-state index contributed by atoms with van der Waals surface area (Å²) in [5.74, 6) is 4.46. The van der Waals surface area contributed by atoms with Gasteiger partial charge in [0.05, 0.1) is 0 Å². The molecule has 120 valence electrons. The fraction of sp³-hybridized carbons (Fsp3) is 0.950. The lowest BCUT2D eigenvalue weighted by atomic mass is 9.48. The van der Waals surface area contributed by atoms with Gasteiger partial charge in [0.2, 0.25) is 0 Å². The smallest absolute Gasteiger partial charge is 0.00193 e. The van der Waals surface area contributed by atoms with Crippen LogP contribution >= 0.6 is 12.2 Å². The summed E-state index contributed by atoms with van der Waals surface area (Å²) >= 11 is 5.89. The monoisotopic (exact) mass is 306 g/mol. The molecule has 0 unspecified atom stereocenters. The molecule has 3 fully saturated rings. The van der Waals surface area contributed by atoms with Crippen LogP contribution in [-0.4, -0.2) is 4.86 Å². The van der Waals surface area contributed by atoms with Crippen LogP contribution in [0.2, 0.25) is 0 Å². The lowest BCUT2D eigenvalue weighted by Gasteiger charge is -2.57. The van der Waals surface area contributed by atoms with Crippen LogP contribution in [0.15, 0.2) is 0 Å². The Kier molecular flexibility index (Phi) is 4.05. The Labute approximate surface area is 137 Å². The normalized spacial score (nSPS) is 50.0. The predicted octanol–water partition coefficient (Wildman–Crippen LogP) is 6.28. The van der Waals surface area contributed by atoms with Crippen molar-refractivity contribution in [3.05, 3.63) is 0 Å². The minimum Gasteiger partial charge on any atom is -0.0891 e. The van der Waals surface area contributed by atoms with E-state index >= 15 is 0 Å². The van der Waals surface area contributed by atoms with Crippen LogP contribution < -0.4 is 0 Å². The lowest BCUT2D eigenvalue weighted by Crippen LogP contribution is -2.50. The van der Waals surface area contributed by atoms with Crippen LogP contribution in [0.1, 0.15) is 79.6 Å². The molecule has 0 saturated heterocycles. The Balaban J connectivity index is 1.96. The van der Waals surface area contributed by atoms with Gasteiger partial charge in [-0.15, -0.1) is 0 Å². The van der Waals surface area contributed by atoms with Gasteiger partial charge in [-0.3, -0.25) is 0 Å². The first-order valence-corrected chi connectivity index (χ1v) is 9.71. The van der Waals surface area contributed by atoms with Crippen molar-refractivity contribution in [2.24, 2.45) is 40.4 Å². The second-order valence-electron chi connectivity index (χ2n) is 9.42. The first-order chi connectivity index (χ1) is 9.76. The largest absolute Gasteiger partial charge is 0.0891 e. The zero-order valence-corrected chi connectivity index (χ0v) is 15.6. The van der Waals surface area contributed by atoms with Gasteiger partial charge in [0.1, 0.15) is 0 Å². The summed E-state index contributed by atoms with van der Waals surface area (Å²) in [4.78, 5) is 1.41. The first-order valence-electron chi connectivity index (χ1n) is 9.30. The molecule has 21 heavy (non-hydrogen) atoms. The molecule has 1 heteroatoms. The van der Waals surface area contributed by atoms with E-state index in [0.717, 1.165) is 29.6 Å². The van der Waals surface area contributed by atoms with Gasteiger partial charge in [0.25, 0.3) is 0 Å². The fourth-order valence-corrected chi connectivity index (χ4v) is 6.78. The van der Waals surface area contributed by atoms with Crippen molar-refractivity contribution in [2.45, 2.75) is 79.6 Å². The van der Waals surface area contributed by atoms with Crippen LogP contribution in [0.3, 0.4) is 0 Å². The van der Waals surface area contributed by atoms with E-state index in [9.17, 15) is 0 Å². The summed E-state index contributed by atoms with van der Waals surface area (Å²) in [7, 11) is 0. The SMILES string of the molecule is C[C@@H]1CCC(=S)[C@@]2(C)CC[C@H]3[C@H](C)CC[C@@H](C[C@H]12)C3(C)C. The topological polar surface area (TPSA) is 0 Å². The summed E-state index contributed by atoms with van der Waals surface area (Å²) in [6, 6.07) is 0. The molecule has 0 heterocycles. The molecule has 0 aliphatic heterocycles. The van der Waals surface area contributed by atoms with Crippen LogP contribution in [0, 0.1) is 40.4 Å². The Morgan fingerprint density at radius 3 is 2.29 bits per heavy atom. The van der Waals surface area contributed by atoms with Crippen molar-refractivity contribution in [2.75, 3.05) is 0 Å². The maximum absolute atomic E-state index is 5.89. The van der Waals surface area contributed by atoms with Crippen molar-refractivity contribution >= 4 is 17.1 Å². The van der Waals surface area contributed by atoms with Crippen LogP contribution in [0.25, 0.3) is 0 Å². The van der Waals surface area contributed by atoms with E-state index in [1.807, 2.05) is 0 Å². The number of rotatable bonds is 0. The zero-order valence-electron chi connectivity index (χ0n) is 14.7. The van der Waals surface area contributed by atoms with E-state index in [-0.39, 0.29) is 0 Å². The highest BCUT2D eigenvalue weighted by molar-refractivity contribution is 7.80. The molecular formula is C20H34S. The third-order valence-corrected chi connectivity index (χ3v) is 8.82. The van der Waals surface area contributed by atoms with E-state index < -0.39 is 0 Å². The average Bonchev–Trinajstić information content (AvgIpc) is 2.40. The molecule has 0 radical (unpaired) electrons. The van der Waals surface area contributed by atoms with E-state index in [4.69, 9.17) is 12.2 Å². The van der Waals surface area contributed by atoms with Gasteiger partial charge in [0.15, 0.2) is 0 Å². The quantitative estimate of drug-likeness (QED) is 0.474. The van der Waals surface area contributed by atoms with Crippen molar-refractivity contribution in [3.8, 4) is 0 Å². The zero-order chi connectivity index (χ0) is 15.4. The molecule has 3 aliphatic rings. The standard InChI is InChI=1S/C20H34S/c1-13-6-8-15-12-17-14(2)7-9-18(21)20(17,5)11-10-16(13)19(15,3)4/h13-17H,6-12H2,1-5H3/t13-,14-,15+,16+,17-,20+/m1/s1. The van der Waals surface area contributed by atoms with Crippen LogP contribution in [0.5, 0.6) is 0 Å². The maximum atomic E-state index is 5.89. The molecule has 0 amide bonds. The molecule has 3 aliphatic carbocycles. The van der Waals surface area contributed by atoms with Gasteiger partial charge >= 0.3 is 0 Å². The third kappa shape index (κ3) is 2.42.